The third-order valence-corrected chi connectivity index (χ3v) is 0. The fourth-order valence-corrected chi connectivity index (χ4v) is 0. The van der Waals surface area contributed by atoms with E-state index < -0.39 is 0 Å². The topological polar surface area (TPSA) is 0 Å². The molecule has 0 atom stereocenters. The van der Waals surface area contributed by atoms with E-state index >= 15 is 0 Å². The molecule has 6 heavy (non-hydrogen) atoms. The van der Waals surface area contributed by atoms with Crippen molar-refractivity contribution in [1.82, 2.24) is 0 Å². The SMILES string of the molecule is C=C.C=C.[Si][Si]. The van der Waals surface area contributed by atoms with Crippen LogP contribution in [0.25, 0.3) is 0 Å². The lowest BCUT2D eigenvalue weighted by atomic mass is 11.3. The largest absolute Gasteiger partial charge is 0.106 e. The fourth-order valence-electron chi connectivity index (χ4n) is 0. The maximum Gasteiger partial charge on any atom is 0 e. The quantitative estimate of drug-likeness (QED) is 0.322. The van der Waals surface area contributed by atoms with Crippen LogP contribution in [0.4, 0.5) is 0 Å². The Morgan fingerprint density at radius 1 is 0.667 bits per heavy atom. The Kier molecular flexibility index (Phi) is 28400. The van der Waals surface area contributed by atoms with Gasteiger partial charge in [-0.05, 0) is 0 Å². The van der Waals surface area contributed by atoms with E-state index in [1.165, 1.54) is 0 Å². The molecule has 0 amide bonds. The third kappa shape index (κ3) is 4470. The van der Waals surface area contributed by atoms with Crippen molar-refractivity contribution in [3.05, 3.63) is 26.3 Å². The van der Waals surface area contributed by atoms with Crippen LogP contribution >= 0.6 is 0 Å². The Labute approximate surface area is 46.6 Å². The Bertz CT molecular complexity index is 7.51. The summed E-state index contributed by atoms with van der Waals surface area (Å²) in [5.41, 5.74) is 0. The van der Waals surface area contributed by atoms with Crippen LogP contribution in [-0.2, 0) is 0 Å². The summed E-state index contributed by atoms with van der Waals surface area (Å²) in [6.07, 6.45) is 0. The maximum absolute atomic E-state index is 3.00. The van der Waals surface area contributed by atoms with Crippen LogP contribution in [0.3, 0.4) is 0 Å². The number of rotatable bonds is 0. The van der Waals surface area contributed by atoms with Gasteiger partial charge in [-0.1, -0.05) is 0 Å². The van der Waals surface area contributed by atoms with Crippen molar-refractivity contribution in [2.75, 3.05) is 0 Å². The molecule has 0 heterocycles. The minimum absolute atomic E-state index is 2.78. The molecule has 0 aromatic rings. The highest BCUT2D eigenvalue weighted by Gasteiger charge is 1.00. The molecule has 0 aromatic heterocycles. The van der Waals surface area contributed by atoms with Crippen molar-refractivity contribution in [2.45, 2.75) is 0 Å². The van der Waals surface area contributed by atoms with Crippen molar-refractivity contribution < 1.29 is 0 Å². The highest BCUT2D eigenvalue weighted by atomic mass is 29.1. The standard InChI is InChI=1S/2C2H4.Si2/c3*1-2/h2*1-2H2;. The van der Waals surface area contributed by atoms with Crippen LogP contribution < -0.4 is 0 Å². The van der Waals surface area contributed by atoms with E-state index in [0.717, 1.165) is 0 Å². The van der Waals surface area contributed by atoms with Gasteiger partial charge in [-0.15, -0.1) is 26.3 Å². The minimum atomic E-state index is 2.78. The first-order valence-electron chi connectivity index (χ1n) is 1.25. The van der Waals surface area contributed by atoms with Crippen molar-refractivity contribution in [1.29, 1.82) is 0 Å². The molecule has 0 spiro atoms. The number of hydrogen-bond donors (Lipinski definition) is 0. The molecule has 32 valence electrons. The van der Waals surface area contributed by atoms with E-state index in [0.29, 0.717) is 0 Å². The Balaban J connectivity index is -0.0000000225. The summed E-state index contributed by atoms with van der Waals surface area (Å²) < 4.78 is 0. The van der Waals surface area contributed by atoms with Crippen molar-refractivity contribution in [3.63, 3.8) is 0 Å². The lowest BCUT2D eigenvalue weighted by Gasteiger charge is -1.00. The predicted molar refractivity (Wildman–Crippen MR) is 34.0 cm³/mol. The summed E-state index contributed by atoms with van der Waals surface area (Å²) in [6, 6.07) is 0. The van der Waals surface area contributed by atoms with Crippen molar-refractivity contribution >= 4 is 19.5 Å². The average Bonchev–Trinajstić information content (AvgIpc) is 1.81. The second-order valence-electron chi connectivity index (χ2n) is 0. The molecule has 0 fully saturated rings. The van der Waals surface area contributed by atoms with Gasteiger partial charge in [0.25, 0.3) is 0 Å². The molecule has 0 bridgehead atoms. The smallest absolute Gasteiger partial charge is 0 e. The minimum Gasteiger partial charge on any atom is -0.106 e. The van der Waals surface area contributed by atoms with Crippen LogP contribution in [0, 0.1) is 0 Å². The third-order valence-electron chi connectivity index (χ3n) is 0. The van der Waals surface area contributed by atoms with E-state index in [-0.39, 0.29) is 0 Å². The first kappa shape index (κ1) is 16.8. The Morgan fingerprint density at radius 2 is 0.667 bits per heavy atom. The molecule has 0 aliphatic heterocycles. The van der Waals surface area contributed by atoms with Gasteiger partial charge in [0, 0.05) is 19.5 Å². The summed E-state index contributed by atoms with van der Waals surface area (Å²) >= 11 is 0. The molecular formula is C4H8Si2. The normalized spacial score (nSPS) is 2.33. The van der Waals surface area contributed by atoms with Gasteiger partial charge in [-0.3, -0.25) is 0 Å². The molecule has 0 unspecified atom stereocenters. The second-order valence-corrected chi connectivity index (χ2v) is 0. The zero-order valence-electron chi connectivity index (χ0n) is 3.83. The molecule has 0 aliphatic rings. The molecule has 2 heteroatoms. The second kappa shape index (κ2) is 10100. The van der Waals surface area contributed by atoms with Gasteiger partial charge in [0.15, 0.2) is 0 Å². The summed E-state index contributed by atoms with van der Waals surface area (Å²) in [6.45, 7) is 12.0. The molecule has 0 N–H and O–H groups in total. The zero-order valence-corrected chi connectivity index (χ0v) is 5.83. The molecule has 0 saturated heterocycles. The molecule has 0 saturated carbocycles. The molecule has 0 nitrogen and oxygen atoms in total. The van der Waals surface area contributed by atoms with E-state index in [1.54, 1.807) is 0 Å². The van der Waals surface area contributed by atoms with Crippen LogP contribution in [0.5, 0.6) is 0 Å². The van der Waals surface area contributed by atoms with Gasteiger partial charge in [0.2, 0.25) is 0 Å². The highest BCUT2D eigenvalue weighted by molar-refractivity contribution is 6.75. The molecule has 6 radical (unpaired) electrons. The van der Waals surface area contributed by atoms with Gasteiger partial charge in [-0.25, -0.2) is 0 Å². The van der Waals surface area contributed by atoms with Crippen LogP contribution in [0.1, 0.15) is 0 Å². The molecular weight excluding hydrogens is 104 g/mol. The van der Waals surface area contributed by atoms with Gasteiger partial charge in [0.05, 0.1) is 0 Å². The van der Waals surface area contributed by atoms with E-state index in [1.807, 2.05) is 0 Å². The average molecular weight is 112 g/mol. The van der Waals surface area contributed by atoms with Gasteiger partial charge in [0.1, 0.15) is 0 Å². The van der Waals surface area contributed by atoms with Gasteiger partial charge in [-0.2, -0.15) is 0 Å². The number of hydrogen-bond acceptors (Lipinski definition) is 0. The lowest BCUT2D eigenvalue weighted by molar-refractivity contribution is 2.81. The van der Waals surface area contributed by atoms with E-state index in [9.17, 15) is 0 Å². The van der Waals surface area contributed by atoms with Crippen molar-refractivity contribution in [3.8, 4) is 0 Å². The summed E-state index contributed by atoms with van der Waals surface area (Å²) in [5, 5.41) is 0. The van der Waals surface area contributed by atoms with Crippen LogP contribution in [-0.4, -0.2) is 19.5 Å². The summed E-state index contributed by atoms with van der Waals surface area (Å²) in [7, 11) is 5.56. The van der Waals surface area contributed by atoms with Gasteiger partial charge < -0.3 is 0 Å². The fraction of sp³-hybridized carbons (Fsp3) is 0. The van der Waals surface area contributed by atoms with Crippen LogP contribution in [0.2, 0.25) is 0 Å². The first-order chi connectivity index (χ1) is 3.00. The first-order valence-corrected chi connectivity index (χ1v) is 3.25. The summed E-state index contributed by atoms with van der Waals surface area (Å²) in [4.78, 5) is 0. The Morgan fingerprint density at radius 3 is 0.667 bits per heavy atom. The predicted octanol–water partition coefficient (Wildman–Crippen LogP) is 0.843. The molecule has 0 aliphatic carbocycles. The maximum atomic E-state index is 3.00. The Hall–Kier alpha value is -0.0862. The lowest BCUT2D eigenvalue weighted by Crippen LogP contribution is -1.38. The van der Waals surface area contributed by atoms with E-state index in [4.69, 9.17) is 0 Å². The van der Waals surface area contributed by atoms with Gasteiger partial charge >= 0.3 is 0 Å². The van der Waals surface area contributed by atoms with E-state index in [2.05, 4.69) is 45.8 Å². The van der Waals surface area contributed by atoms with Crippen molar-refractivity contribution in [2.24, 2.45) is 0 Å². The zero-order chi connectivity index (χ0) is 6.00. The summed E-state index contributed by atoms with van der Waals surface area (Å²) in [5.74, 6) is 0. The molecule has 0 rings (SSSR count). The highest BCUT2D eigenvalue weighted by Crippen LogP contribution is 0.864. The monoisotopic (exact) mass is 112 g/mol. The molecule has 0 aromatic carbocycles. The van der Waals surface area contributed by atoms with Crippen LogP contribution in [0.15, 0.2) is 26.3 Å².